The fourth-order valence-electron chi connectivity index (χ4n) is 2.59. The number of carbonyl (C=O) groups is 1. The van der Waals surface area contributed by atoms with Gasteiger partial charge in [0.25, 0.3) is 0 Å². The van der Waals surface area contributed by atoms with E-state index in [1.165, 1.54) is 19.3 Å². The zero-order valence-corrected chi connectivity index (χ0v) is 9.04. The van der Waals surface area contributed by atoms with Crippen LogP contribution in [0.2, 0.25) is 0 Å². The van der Waals surface area contributed by atoms with Gasteiger partial charge in [0.2, 0.25) is 0 Å². The van der Waals surface area contributed by atoms with Crippen LogP contribution in [-0.4, -0.2) is 24.2 Å². The molecule has 1 aliphatic heterocycles. The highest BCUT2D eigenvalue weighted by atomic mass is 16.4. The minimum Gasteiger partial charge on any atom is -0.481 e. The van der Waals surface area contributed by atoms with E-state index in [0.717, 1.165) is 12.8 Å². The highest BCUT2D eigenvalue weighted by Crippen LogP contribution is 2.37. The van der Waals surface area contributed by atoms with Crippen molar-refractivity contribution in [1.82, 2.24) is 5.32 Å². The van der Waals surface area contributed by atoms with Gasteiger partial charge in [-0.15, -0.1) is 0 Å². The minimum absolute atomic E-state index is 0.233. The van der Waals surface area contributed by atoms with Gasteiger partial charge in [0, 0.05) is 13.1 Å². The van der Waals surface area contributed by atoms with Gasteiger partial charge in [-0.3, -0.25) is 4.79 Å². The summed E-state index contributed by atoms with van der Waals surface area (Å²) < 4.78 is 0. The second kappa shape index (κ2) is 4.35. The number of hydrogen-bond acceptors (Lipinski definition) is 2. The molecule has 2 rings (SSSR count). The summed E-state index contributed by atoms with van der Waals surface area (Å²) in [6, 6.07) is 0. The molecule has 0 aromatic rings. The van der Waals surface area contributed by atoms with Crippen LogP contribution in [0.4, 0.5) is 0 Å². The van der Waals surface area contributed by atoms with E-state index in [1.807, 2.05) is 0 Å². The predicted molar refractivity (Wildman–Crippen MR) is 58.7 cm³/mol. The van der Waals surface area contributed by atoms with Crippen molar-refractivity contribution in [2.45, 2.75) is 32.1 Å². The molecule has 0 radical (unpaired) electrons. The first-order valence-electron chi connectivity index (χ1n) is 5.86. The fraction of sp³-hybridized carbons (Fsp3) is 0.750. The molecule has 1 heterocycles. The van der Waals surface area contributed by atoms with Crippen molar-refractivity contribution in [2.24, 2.45) is 11.3 Å². The molecular weight excluding hydrogens is 190 g/mol. The van der Waals surface area contributed by atoms with Gasteiger partial charge in [0.1, 0.15) is 0 Å². The summed E-state index contributed by atoms with van der Waals surface area (Å²) >= 11 is 0. The molecule has 1 unspecified atom stereocenters. The Kier molecular flexibility index (Phi) is 3.10. The third kappa shape index (κ3) is 1.93. The summed E-state index contributed by atoms with van der Waals surface area (Å²) in [4.78, 5) is 11.3. The van der Waals surface area contributed by atoms with E-state index in [4.69, 9.17) is 0 Å². The summed E-state index contributed by atoms with van der Waals surface area (Å²) in [6.45, 7) is 1.27. The van der Waals surface area contributed by atoms with E-state index >= 15 is 0 Å². The Balaban J connectivity index is 2.11. The molecule has 1 fully saturated rings. The summed E-state index contributed by atoms with van der Waals surface area (Å²) in [5.41, 5.74) is -0.506. The summed E-state index contributed by atoms with van der Waals surface area (Å²) in [5, 5.41) is 12.4. The Morgan fingerprint density at radius 2 is 2.13 bits per heavy atom. The van der Waals surface area contributed by atoms with E-state index in [0.29, 0.717) is 13.1 Å². The summed E-state index contributed by atoms with van der Waals surface area (Å²) in [5.74, 6) is -0.395. The van der Waals surface area contributed by atoms with Gasteiger partial charge in [-0.25, -0.2) is 0 Å². The van der Waals surface area contributed by atoms with E-state index in [9.17, 15) is 9.90 Å². The Hall–Kier alpha value is -0.830. The third-order valence-electron chi connectivity index (χ3n) is 3.77. The van der Waals surface area contributed by atoms with Gasteiger partial charge >= 0.3 is 5.97 Å². The smallest absolute Gasteiger partial charge is 0.312 e. The van der Waals surface area contributed by atoms with Gasteiger partial charge in [0.05, 0.1) is 5.41 Å². The lowest BCUT2D eigenvalue weighted by molar-refractivity contribution is -0.155. The first-order valence-corrected chi connectivity index (χ1v) is 5.86. The Morgan fingerprint density at radius 3 is 2.73 bits per heavy atom. The first kappa shape index (κ1) is 10.7. The molecule has 0 saturated carbocycles. The average Bonchev–Trinajstić information content (AvgIpc) is 2.05. The second-order valence-electron chi connectivity index (χ2n) is 4.74. The number of rotatable bonds is 2. The maximum atomic E-state index is 11.3. The lowest BCUT2D eigenvalue weighted by Gasteiger charge is -2.44. The number of allylic oxidation sites excluding steroid dienone is 2. The number of hydrogen-bond donors (Lipinski definition) is 2. The van der Waals surface area contributed by atoms with Crippen molar-refractivity contribution < 1.29 is 9.90 Å². The zero-order valence-electron chi connectivity index (χ0n) is 9.04. The van der Waals surface area contributed by atoms with Crippen molar-refractivity contribution in [2.75, 3.05) is 13.1 Å². The Labute approximate surface area is 90.6 Å². The van der Waals surface area contributed by atoms with Crippen LogP contribution in [0.1, 0.15) is 32.1 Å². The Bertz CT molecular complexity index is 269. The van der Waals surface area contributed by atoms with E-state index in [1.54, 1.807) is 0 Å². The van der Waals surface area contributed by atoms with Crippen LogP contribution in [-0.2, 0) is 4.79 Å². The van der Waals surface area contributed by atoms with Gasteiger partial charge < -0.3 is 10.4 Å². The molecule has 0 aromatic heterocycles. The topological polar surface area (TPSA) is 49.3 Å². The van der Waals surface area contributed by atoms with Gasteiger partial charge in [0.15, 0.2) is 0 Å². The van der Waals surface area contributed by atoms with Gasteiger partial charge in [-0.1, -0.05) is 25.0 Å². The quantitative estimate of drug-likeness (QED) is 0.682. The molecule has 1 saturated heterocycles. The minimum atomic E-state index is -0.628. The lowest BCUT2D eigenvalue weighted by Crippen LogP contribution is -2.61. The monoisotopic (exact) mass is 209 g/mol. The number of nitrogens with one attached hydrogen (secondary N) is 1. The van der Waals surface area contributed by atoms with Crippen molar-refractivity contribution in [1.29, 1.82) is 0 Å². The molecule has 0 amide bonds. The maximum absolute atomic E-state index is 11.3. The van der Waals surface area contributed by atoms with Crippen LogP contribution in [0, 0.1) is 11.3 Å². The molecule has 84 valence electrons. The second-order valence-corrected chi connectivity index (χ2v) is 4.74. The van der Waals surface area contributed by atoms with Crippen molar-refractivity contribution in [3.8, 4) is 0 Å². The molecule has 0 aromatic carbocycles. The molecule has 2 aliphatic rings. The predicted octanol–water partition coefficient (Wildman–Crippen LogP) is 1.80. The number of aliphatic carboxylic acids is 1. The molecule has 15 heavy (non-hydrogen) atoms. The number of carboxylic acid groups (broad SMARTS) is 1. The molecular formula is C12H19NO2. The molecule has 1 aliphatic carbocycles. The fourth-order valence-corrected chi connectivity index (χ4v) is 2.59. The van der Waals surface area contributed by atoms with Gasteiger partial charge in [-0.2, -0.15) is 0 Å². The van der Waals surface area contributed by atoms with Crippen LogP contribution in [0.3, 0.4) is 0 Å². The van der Waals surface area contributed by atoms with Crippen LogP contribution >= 0.6 is 0 Å². The largest absolute Gasteiger partial charge is 0.481 e. The molecule has 0 spiro atoms. The zero-order chi connectivity index (χ0) is 10.7. The highest BCUT2D eigenvalue weighted by Gasteiger charge is 2.49. The first-order chi connectivity index (χ1) is 7.26. The van der Waals surface area contributed by atoms with Crippen molar-refractivity contribution in [3.63, 3.8) is 0 Å². The third-order valence-corrected chi connectivity index (χ3v) is 3.77. The molecule has 3 nitrogen and oxygen atoms in total. The summed E-state index contributed by atoms with van der Waals surface area (Å²) in [6.07, 6.45) is 10.1. The molecule has 1 atom stereocenters. The van der Waals surface area contributed by atoms with Crippen molar-refractivity contribution >= 4 is 5.97 Å². The van der Waals surface area contributed by atoms with Crippen LogP contribution in [0.25, 0.3) is 0 Å². The van der Waals surface area contributed by atoms with Gasteiger partial charge in [-0.05, 0) is 25.2 Å². The standard InChI is InChI=1S/C12H19NO2/c14-11(15)12(8-13-9-12)10-6-4-2-1-3-5-7-10/h4,6,10,13H,1-3,5,7-9H2,(H,14,15)/b6-4-. The highest BCUT2D eigenvalue weighted by molar-refractivity contribution is 5.77. The number of carboxylic acids is 1. The maximum Gasteiger partial charge on any atom is 0.312 e. The van der Waals surface area contributed by atoms with Crippen LogP contribution < -0.4 is 5.32 Å². The van der Waals surface area contributed by atoms with E-state index < -0.39 is 11.4 Å². The van der Waals surface area contributed by atoms with Crippen molar-refractivity contribution in [3.05, 3.63) is 12.2 Å². The Morgan fingerprint density at radius 1 is 1.33 bits per heavy atom. The molecule has 3 heteroatoms. The normalized spacial score (nSPS) is 32.1. The average molecular weight is 209 g/mol. The van der Waals surface area contributed by atoms with Crippen LogP contribution in [0.5, 0.6) is 0 Å². The van der Waals surface area contributed by atoms with Crippen LogP contribution in [0.15, 0.2) is 12.2 Å². The lowest BCUT2D eigenvalue weighted by atomic mass is 9.68. The SMILES string of the molecule is O=C(O)C1(C2/C=C\CCCCC2)CNC1. The summed E-state index contributed by atoms with van der Waals surface area (Å²) in [7, 11) is 0. The molecule has 2 N–H and O–H groups in total. The molecule has 0 bridgehead atoms. The van der Waals surface area contributed by atoms with E-state index in [2.05, 4.69) is 17.5 Å². The van der Waals surface area contributed by atoms with E-state index in [-0.39, 0.29) is 5.92 Å².